The van der Waals surface area contributed by atoms with Crippen LogP contribution in [0.2, 0.25) is 0 Å². The molecule has 0 aromatic heterocycles. The molecule has 0 bridgehead atoms. The molecule has 106 valence electrons. The number of piperazine rings is 1. The molecule has 20 heavy (non-hydrogen) atoms. The van der Waals surface area contributed by atoms with Crippen molar-refractivity contribution in [2.45, 2.75) is 24.9 Å². The lowest BCUT2D eigenvalue weighted by molar-refractivity contribution is 0.243. The molecular weight excluding hydrogens is 248 g/mol. The highest BCUT2D eigenvalue weighted by Gasteiger charge is 2.26. The third-order valence-electron chi connectivity index (χ3n) is 4.10. The smallest absolute Gasteiger partial charge is 0.108 e. The zero-order valence-electron chi connectivity index (χ0n) is 11.8. The van der Waals surface area contributed by atoms with Gasteiger partial charge in [0.15, 0.2) is 0 Å². The molecule has 0 amide bonds. The highest BCUT2D eigenvalue weighted by atomic mass is 15.3. The van der Waals surface area contributed by atoms with Gasteiger partial charge < -0.3 is 4.90 Å². The molecule has 0 radical (unpaired) electrons. The summed E-state index contributed by atoms with van der Waals surface area (Å²) in [5.41, 5.74) is 1.31. The van der Waals surface area contributed by atoms with Crippen molar-refractivity contribution >= 4 is 5.69 Å². The van der Waals surface area contributed by atoms with Gasteiger partial charge in [-0.1, -0.05) is 18.2 Å². The third-order valence-corrected chi connectivity index (χ3v) is 4.10. The van der Waals surface area contributed by atoms with E-state index in [4.69, 9.17) is 0 Å². The molecule has 1 aliphatic heterocycles. The Balaban J connectivity index is 1.47. The maximum atomic E-state index is 9.21. The Morgan fingerprint density at radius 1 is 1.15 bits per heavy atom. The number of hydrogen-bond acceptors (Lipinski definition) is 4. The Morgan fingerprint density at radius 2 is 1.85 bits per heavy atom. The summed E-state index contributed by atoms with van der Waals surface area (Å²) < 4.78 is 0. The van der Waals surface area contributed by atoms with Crippen molar-refractivity contribution < 1.29 is 0 Å². The molecule has 1 aliphatic carbocycles. The van der Waals surface area contributed by atoms with Gasteiger partial charge in [-0.25, -0.2) is 0 Å². The Morgan fingerprint density at radius 3 is 2.45 bits per heavy atom. The first-order chi connectivity index (χ1) is 9.85. The number of para-hydroxylation sites is 1. The van der Waals surface area contributed by atoms with Crippen molar-refractivity contribution in [3.63, 3.8) is 0 Å². The number of anilines is 1. The summed E-state index contributed by atoms with van der Waals surface area (Å²) in [4.78, 5) is 4.83. The highest BCUT2D eigenvalue weighted by Crippen LogP contribution is 2.20. The van der Waals surface area contributed by atoms with E-state index >= 15 is 0 Å². The number of rotatable bonds is 5. The van der Waals surface area contributed by atoms with Crippen LogP contribution in [0.3, 0.4) is 0 Å². The first-order valence-electron chi connectivity index (χ1n) is 7.53. The fourth-order valence-electron chi connectivity index (χ4n) is 2.75. The predicted octanol–water partition coefficient (Wildman–Crippen LogP) is 1.45. The molecule has 1 saturated carbocycles. The molecule has 0 spiro atoms. The molecule has 2 fully saturated rings. The number of nitrogens with one attached hydrogen (secondary N) is 1. The SMILES string of the molecule is N#CC(CN1CCN(c2ccccc2)CC1)NC1CC1. The third kappa shape index (κ3) is 3.50. The van der Waals surface area contributed by atoms with Gasteiger partial charge >= 0.3 is 0 Å². The Hall–Kier alpha value is -1.57. The molecule has 2 aliphatic rings. The van der Waals surface area contributed by atoms with E-state index in [0.29, 0.717) is 6.04 Å². The van der Waals surface area contributed by atoms with Crippen LogP contribution in [0, 0.1) is 11.3 Å². The minimum atomic E-state index is -0.00854. The van der Waals surface area contributed by atoms with Gasteiger partial charge in [0.05, 0.1) is 6.07 Å². The van der Waals surface area contributed by atoms with Gasteiger partial charge in [0.1, 0.15) is 6.04 Å². The van der Waals surface area contributed by atoms with Gasteiger partial charge in [-0.05, 0) is 25.0 Å². The summed E-state index contributed by atoms with van der Waals surface area (Å²) in [5.74, 6) is 0. The van der Waals surface area contributed by atoms with E-state index in [0.717, 1.165) is 32.7 Å². The van der Waals surface area contributed by atoms with Crippen molar-refractivity contribution in [3.8, 4) is 6.07 Å². The molecule has 1 unspecified atom stereocenters. The van der Waals surface area contributed by atoms with Crippen molar-refractivity contribution in [1.29, 1.82) is 5.26 Å². The van der Waals surface area contributed by atoms with E-state index in [1.54, 1.807) is 0 Å². The van der Waals surface area contributed by atoms with E-state index in [9.17, 15) is 5.26 Å². The quantitative estimate of drug-likeness (QED) is 0.879. The molecule has 1 heterocycles. The van der Waals surface area contributed by atoms with Crippen LogP contribution in [0.15, 0.2) is 30.3 Å². The summed E-state index contributed by atoms with van der Waals surface area (Å²) in [7, 11) is 0. The lowest BCUT2D eigenvalue weighted by Gasteiger charge is -2.36. The first kappa shape index (κ1) is 13.4. The van der Waals surface area contributed by atoms with Crippen molar-refractivity contribution in [2.24, 2.45) is 0 Å². The molecule has 4 heteroatoms. The van der Waals surface area contributed by atoms with Crippen LogP contribution >= 0.6 is 0 Å². The molecular formula is C16H22N4. The minimum Gasteiger partial charge on any atom is -0.369 e. The number of nitriles is 1. The molecule has 1 aromatic carbocycles. The van der Waals surface area contributed by atoms with E-state index in [1.165, 1.54) is 18.5 Å². The molecule has 1 atom stereocenters. The fraction of sp³-hybridized carbons (Fsp3) is 0.562. The van der Waals surface area contributed by atoms with Crippen LogP contribution in [-0.4, -0.2) is 49.7 Å². The largest absolute Gasteiger partial charge is 0.369 e. The number of nitrogens with zero attached hydrogens (tertiary/aromatic N) is 3. The second-order valence-electron chi connectivity index (χ2n) is 5.75. The summed E-state index contributed by atoms with van der Waals surface area (Å²) in [6, 6.07) is 13.6. The summed E-state index contributed by atoms with van der Waals surface area (Å²) in [5, 5.41) is 12.6. The van der Waals surface area contributed by atoms with Gasteiger partial charge in [0, 0.05) is 44.5 Å². The maximum Gasteiger partial charge on any atom is 0.108 e. The highest BCUT2D eigenvalue weighted by molar-refractivity contribution is 5.46. The van der Waals surface area contributed by atoms with Gasteiger partial charge in [-0.2, -0.15) is 5.26 Å². The first-order valence-corrected chi connectivity index (χ1v) is 7.53. The van der Waals surface area contributed by atoms with Crippen molar-refractivity contribution in [3.05, 3.63) is 30.3 Å². The van der Waals surface area contributed by atoms with Crippen LogP contribution < -0.4 is 10.2 Å². The average Bonchev–Trinajstić information content (AvgIpc) is 3.32. The van der Waals surface area contributed by atoms with Gasteiger partial charge in [0.25, 0.3) is 0 Å². The Kier molecular flexibility index (Phi) is 4.19. The maximum absolute atomic E-state index is 9.21. The van der Waals surface area contributed by atoms with Gasteiger partial charge in [-0.15, -0.1) is 0 Å². The van der Waals surface area contributed by atoms with E-state index in [2.05, 4.69) is 51.5 Å². The summed E-state index contributed by atoms with van der Waals surface area (Å²) in [6.45, 7) is 5.03. The standard InChI is InChI=1S/C16H22N4/c17-12-15(18-14-6-7-14)13-19-8-10-20(11-9-19)16-4-2-1-3-5-16/h1-5,14-15,18H,6-11,13H2. The zero-order chi connectivity index (χ0) is 13.8. The second-order valence-corrected chi connectivity index (χ2v) is 5.75. The Bertz CT molecular complexity index is 455. The molecule has 3 rings (SSSR count). The predicted molar refractivity (Wildman–Crippen MR) is 80.7 cm³/mol. The minimum absolute atomic E-state index is 0.00854. The number of benzene rings is 1. The van der Waals surface area contributed by atoms with Gasteiger partial charge in [-0.3, -0.25) is 10.2 Å². The van der Waals surface area contributed by atoms with Crippen molar-refractivity contribution in [2.75, 3.05) is 37.6 Å². The van der Waals surface area contributed by atoms with Gasteiger partial charge in [0.2, 0.25) is 0 Å². The van der Waals surface area contributed by atoms with Crippen molar-refractivity contribution in [1.82, 2.24) is 10.2 Å². The van der Waals surface area contributed by atoms with Crippen LogP contribution in [-0.2, 0) is 0 Å². The lowest BCUT2D eigenvalue weighted by Crippen LogP contribution is -2.50. The van der Waals surface area contributed by atoms with Crippen LogP contribution in [0.4, 0.5) is 5.69 Å². The number of hydrogen-bond donors (Lipinski definition) is 1. The molecule has 1 N–H and O–H groups in total. The lowest BCUT2D eigenvalue weighted by atomic mass is 10.2. The Labute approximate surface area is 121 Å². The summed E-state index contributed by atoms with van der Waals surface area (Å²) in [6.07, 6.45) is 2.47. The summed E-state index contributed by atoms with van der Waals surface area (Å²) >= 11 is 0. The monoisotopic (exact) mass is 270 g/mol. The second kappa shape index (κ2) is 6.25. The van der Waals surface area contributed by atoms with E-state index in [-0.39, 0.29) is 6.04 Å². The van der Waals surface area contributed by atoms with Crippen LogP contribution in [0.5, 0.6) is 0 Å². The average molecular weight is 270 g/mol. The molecule has 1 aromatic rings. The topological polar surface area (TPSA) is 42.3 Å². The van der Waals surface area contributed by atoms with E-state index in [1.807, 2.05) is 0 Å². The molecule has 1 saturated heterocycles. The fourth-order valence-corrected chi connectivity index (χ4v) is 2.75. The zero-order valence-corrected chi connectivity index (χ0v) is 11.8. The van der Waals surface area contributed by atoms with Crippen LogP contribution in [0.25, 0.3) is 0 Å². The van der Waals surface area contributed by atoms with Crippen LogP contribution in [0.1, 0.15) is 12.8 Å². The molecule has 4 nitrogen and oxygen atoms in total. The normalized spacial score (nSPS) is 21.4. The van der Waals surface area contributed by atoms with E-state index < -0.39 is 0 Å².